The van der Waals surface area contributed by atoms with E-state index in [4.69, 9.17) is 9.47 Å². The fourth-order valence-electron chi connectivity index (χ4n) is 5.80. The predicted molar refractivity (Wildman–Crippen MR) is 170 cm³/mol. The first-order valence-corrected chi connectivity index (χ1v) is 15.9. The van der Waals surface area contributed by atoms with Crippen molar-refractivity contribution in [1.82, 2.24) is 10.2 Å². The van der Waals surface area contributed by atoms with E-state index in [-0.39, 0.29) is 35.0 Å². The van der Waals surface area contributed by atoms with Gasteiger partial charge in [0.05, 0.1) is 46.8 Å². The lowest BCUT2D eigenvalue weighted by atomic mass is 10.0. The fourth-order valence-corrected chi connectivity index (χ4v) is 6.99. The van der Waals surface area contributed by atoms with Crippen molar-refractivity contribution in [2.75, 3.05) is 51.0 Å². The molecule has 2 fully saturated rings. The van der Waals surface area contributed by atoms with Gasteiger partial charge in [0.1, 0.15) is 11.9 Å². The van der Waals surface area contributed by atoms with Crippen LogP contribution in [0.3, 0.4) is 0 Å². The van der Waals surface area contributed by atoms with Crippen molar-refractivity contribution in [3.8, 4) is 17.6 Å². The molecule has 2 aliphatic rings. The van der Waals surface area contributed by atoms with Crippen LogP contribution in [0.1, 0.15) is 53.2 Å². The van der Waals surface area contributed by atoms with Crippen LogP contribution in [0.15, 0.2) is 36.4 Å². The van der Waals surface area contributed by atoms with Crippen LogP contribution < -0.4 is 20.7 Å². The number of methoxy groups -OCH3 is 1. The van der Waals surface area contributed by atoms with Crippen LogP contribution >= 0.6 is 11.3 Å². The first-order chi connectivity index (χ1) is 21.6. The van der Waals surface area contributed by atoms with E-state index in [1.165, 1.54) is 7.11 Å². The smallest absolute Gasteiger partial charge is 0.273 e. The monoisotopic (exact) mass is 646 g/mol. The molecule has 45 heavy (non-hydrogen) atoms. The number of likely N-dealkylation sites (tertiary alicyclic amines) is 1. The summed E-state index contributed by atoms with van der Waals surface area (Å²) >= 11 is 1.11. The van der Waals surface area contributed by atoms with E-state index in [1.54, 1.807) is 36.4 Å². The minimum absolute atomic E-state index is 0.0369. The maximum atomic E-state index is 15.0. The van der Waals surface area contributed by atoms with Gasteiger partial charge in [-0.15, -0.1) is 11.3 Å². The summed E-state index contributed by atoms with van der Waals surface area (Å²) in [4.78, 5) is 14.9. The quantitative estimate of drug-likeness (QED) is 0.185. The molecule has 0 bridgehead atoms. The molecule has 0 aliphatic carbocycles. The molecule has 3 aromatic rings. The Morgan fingerprint density at radius 1 is 1.20 bits per heavy atom. The molecule has 242 valence electrons. The van der Waals surface area contributed by atoms with Gasteiger partial charge >= 0.3 is 0 Å². The molecule has 2 saturated heterocycles. The third-order valence-electron chi connectivity index (χ3n) is 8.19. The van der Waals surface area contributed by atoms with Gasteiger partial charge in [-0.05, 0) is 57.5 Å². The second-order valence-corrected chi connectivity index (χ2v) is 12.5. The van der Waals surface area contributed by atoms with Crippen molar-refractivity contribution in [3.63, 3.8) is 0 Å². The molecule has 5 atom stereocenters. The molecule has 0 saturated carbocycles. The second-order valence-electron chi connectivity index (χ2n) is 11.5. The highest BCUT2D eigenvalue weighted by atomic mass is 32.1. The summed E-state index contributed by atoms with van der Waals surface area (Å²) in [5, 5.41) is 9.74. The van der Waals surface area contributed by atoms with Gasteiger partial charge in [-0.25, -0.2) is 17.6 Å². The lowest BCUT2D eigenvalue weighted by Gasteiger charge is -2.33. The number of thiophene rings is 1. The van der Waals surface area contributed by atoms with Crippen LogP contribution in [-0.4, -0.2) is 82.0 Å². The normalized spacial score (nSPS) is 22.8. The van der Waals surface area contributed by atoms with Gasteiger partial charge < -0.3 is 30.3 Å². The van der Waals surface area contributed by atoms with Gasteiger partial charge in [0.2, 0.25) is 0 Å². The number of carbonyl (C=O) groups excluding carboxylic acids is 1. The molecule has 0 spiro atoms. The van der Waals surface area contributed by atoms with E-state index < -0.39 is 24.8 Å². The molecule has 3 N–H and O–H groups in total. The lowest BCUT2D eigenvalue weighted by Crippen LogP contribution is -2.46. The largest absolute Gasteiger partial charge is 0.495 e. The van der Waals surface area contributed by atoms with E-state index in [0.29, 0.717) is 52.3 Å². The number of amides is 1. The minimum Gasteiger partial charge on any atom is -0.495 e. The molecule has 5 unspecified atom stereocenters. The van der Waals surface area contributed by atoms with E-state index in [9.17, 15) is 22.4 Å². The van der Waals surface area contributed by atoms with Gasteiger partial charge in [0.25, 0.3) is 12.3 Å². The van der Waals surface area contributed by atoms with Gasteiger partial charge in [-0.2, -0.15) is 0 Å². The number of nitrogens with zero attached hydrogens (tertiary/aromatic N) is 1. The molecule has 2 aliphatic heterocycles. The third-order valence-corrected chi connectivity index (χ3v) is 9.36. The summed E-state index contributed by atoms with van der Waals surface area (Å²) in [6.45, 7) is 3.70. The molecule has 7 nitrogen and oxygen atoms in total. The molecule has 1 aromatic heterocycles. The Hall–Kier alpha value is -3.53. The van der Waals surface area contributed by atoms with Gasteiger partial charge in [-0.1, -0.05) is 24.0 Å². The molecule has 0 radical (unpaired) electrons. The summed E-state index contributed by atoms with van der Waals surface area (Å²) in [5.41, 5.74) is 1.44. The topological polar surface area (TPSA) is 74.9 Å². The maximum absolute atomic E-state index is 15.0. The van der Waals surface area contributed by atoms with Crippen molar-refractivity contribution in [2.24, 2.45) is 0 Å². The zero-order valence-corrected chi connectivity index (χ0v) is 26.3. The number of piperidine rings is 1. The van der Waals surface area contributed by atoms with E-state index in [2.05, 4.69) is 27.8 Å². The average molecular weight is 647 g/mol. The highest BCUT2D eigenvalue weighted by Gasteiger charge is 2.31. The number of carbonyl (C=O) groups is 1. The Kier molecular flexibility index (Phi) is 10.7. The third kappa shape index (κ3) is 7.83. The SMILES string of the molecule is COc1cc(C(=O)NC2CCOC(C)C2)ccc1NCC#Cc1sc2c(NC3CCN(C)CC3F)cccc2c1C(F)C(F)F. The first kappa shape index (κ1) is 32.9. The maximum Gasteiger partial charge on any atom is 0.273 e. The first-order valence-electron chi connectivity index (χ1n) is 15.0. The molecule has 2 aromatic carbocycles. The summed E-state index contributed by atoms with van der Waals surface area (Å²) in [6.07, 6.45) is -4.68. The summed E-state index contributed by atoms with van der Waals surface area (Å²) in [7, 11) is 3.35. The standard InChI is InChI=1S/C33H38F4N4O3S/c1-19-16-21(12-15-44-19)39-33(42)20-9-10-25(27(17-20)43-3)38-13-5-8-28-29(30(35)32(36)37)22-6-4-7-26(31(22)45-28)40-24-11-14-41(2)18-23(24)34/h4,6-7,9-10,17,19,21,23-24,30,32,38,40H,11-16,18H2,1-3H3,(H,39,42). The van der Waals surface area contributed by atoms with Crippen LogP contribution in [0.25, 0.3) is 10.1 Å². The number of rotatable bonds is 9. The highest BCUT2D eigenvalue weighted by Crippen LogP contribution is 2.42. The number of halogens is 4. The van der Waals surface area contributed by atoms with Crippen LogP contribution in [0.5, 0.6) is 5.75 Å². The summed E-state index contributed by atoms with van der Waals surface area (Å²) < 4.78 is 68.6. The zero-order valence-electron chi connectivity index (χ0n) is 25.5. The number of alkyl halides is 4. The predicted octanol–water partition coefficient (Wildman–Crippen LogP) is 6.40. The van der Waals surface area contributed by atoms with Gasteiger partial charge in [0.15, 0.2) is 6.17 Å². The van der Waals surface area contributed by atoms with Crippen molar-refractivity contribution < 1.29 is 31.8 Å². The van der Waals surface area contributed by atoms with Crippen LogP contribution in [0, 0.1) is 11.8 Å². The van der Waals surface area contributed by atoms with Gasteiger partial charge in [0, 0.05) is 42.3 Å². The van der Waals surface area contributed by atoms with Crippen molar-refractivity contribution in [2.45, 2.75) is 63.1 Å². The second kappa shape index (κ2) is 14.7. The molecular formula is C33H38F4N4O3S. The molecule has 3 heterocycles. The molecule has 12 heteroatoms. The number of anilines is 2. The van der Waals surface area contributed by atoms with Gasteiger partial charge in [-0.3, -0.25) is 4.79 Å². The fraction of sp³-hybridized carbons (Fsp3) is 0.485. The average Bonchev–Trinajstić information content (AvgIpc) is 3.39. The summed E-state index contributed by atoms with van der Waals surface area (Å²) in [5.74, 6) is 6.02. The zero-order chi connectivity index (χ0) is 32.1. The number of hydrogen-bond acceptors (Lipinski definition) is 7. The minimum atomic E-state index is -3.22. The Labute approximate surface area is 264 Å². The van der Waals surface area contributed by atoms with Crippen LogP contribution in [-0.2, 0) is 4.74 Å². The number of hydrogen-bond donors (Lipinski definition) is 3. The molecular weight excluding hydrogens is 608 g/mol. The number of benzene rings is 2. The van der Waals surface area contributed by atoms with E-state index >= 15 is 0 Å². The number of nitrogens with one attached hydrogen (secondary N) is 3. The van der Waals surface area contributed by atoms with Crippen LogP contribution in [0.2, 0.25) is 0 Å². The Balaban J connectivity index is 1.32. The Bertz CT molecular complexity index is 1560. The molecule has 1 amide bonds. The number of ether oxygens (including phenoxy) is 2. The van der Waals surface area contributed by atoms with E-state index in [1.807, 2.05) is 18.9 Å². The van der Waals surface area contributed by atoms with E-state index in [0.717, 1.165) is 30.7 Å². The van der Waals surface area contributed by atoms with Crippen molar-refractivity contribution in [1.29, 1.82) is 0 Å². The lowest BCUT2D eigenvalue weighted by molar-refractivity contribution is 0.0136. The van der Waals surface area contributed by atoms with Crippen LogP contribution in [0.4, 0.5) is 28.9 Å². The highest BCUT2D eigenvalue weighted by molar-refractivity contribution is 7.20. The van der Waals surface area contributed by atoms with Crippen molar-refractivity contribution >= 4 is 38.7 Å². The Morgan fingerprint density at radius 2 is 2.02 bits per heavy atom. The summed E-state index contributed by atoms with van der Waals surface area (Å²) in [6, 6.07) is 9.62. The molecule has 5 rings (SSSR count). The number of fused-ring (bicyclic) bond motifs is 1. The van der Waals surface area contributed by atoms with Crippen molar-refractivity contribution in [3.05, 3.63) is 52.4 Å². The Morgan fingerprint density at radius 3 is 2.76 bits per heavy atom.